The zero-order valence-corrected chi connectivity index (χ0v) is 14.3. The Labute approximate surface area is 128 Å². The van der Waals surface area contributed by atoms with Gasteiger partial charge >= 0.3 is 0 Å². The maximum atomic E-state index is 6.03. The van der Waals surface area contributed by atoms with Crippen LogP contribution in [0.5, 0.6) is 0 Å². The fourth-order valence-corrected chi connectivity index (χ4v) is 3.54. The monoisotopic (exact) mass is 296 g/mol. The maximum Gasteiger partial charge on any atom is 0.0857 e. The first-order valence-electron chi connectivity index (χ1n) is 7.48. The molecule has 2 aromatic rings. The second kappa shape index (κ2) is 6.33. The van der Waals surface area contributed by atoms with Crippen LogP contribution in [-0.2, 0) is 9.96 Å². The van der Waals surface area contributed by atoms with E-state index in [1.165, 1.54) is 18.4 Å². The molecule has 1 fully saturated rings. The van der Waals surface area contributed by atoms with Crippen molar-refractivity contribution in [3.8, 4) is 0 Å². The van der Waals surface area contributed by atoms with Crippen LogP contribution in [0.4, 0.5) is 11.4 Å². The van der Waals surface area contributed by atoms with Crippen LogP contribution in [0.3, 0.4) is 0 Å². The Morgan fingerprint density at radius 1 is 0.857 bits per heavy atom. The smallest absolute Gasteiger partial charge is 0.0857 e. The molecule has 0 aliphatic carbocycles. The lowest BCUT2D eigenvalue weighted by Gasteiger charge is -2.34. The summed E-state index contributed by atoms with van der Waals surface area (Å²) in [5.41, 5.74) is 3.03. The lowest BCUT2D eigenvalue weighted by Crippen LogP contribution is -2.33. The minimum atomic E-state index is -0.00659. The lowest BCUT2D eigenvalue weighted by molar-refractivity contribution is -0.0210. The third-order valence-electron chi connectivity index (χ3n) is 3.98. The van der Waals surface area contributed by atoms with E-state index in [2.05, 4.69) is 22.4 Å². The molecule has 3 nitrogen and oxygen atoms in total. The van der Waals surface area contributed by atoms with Crippen molar-refractivity contribution in [2.24, 2.45) is 10.2 Å². The third-order valence-corrected chi connectivity index (χ3v) is 5.35. The van der Waals surface area contributed by atoms with Gasteiger partial charge in [0.2, 0.25) is 0 Å². The summed E-state index contributed by atoms with van der Waals surface area (Å²) in [7, 11) is 1.02. The van der Waals surface area contributed by atoms with Gasteiger partial charge in [0.05, 0.1) is 16.6 Å². The Kier molecular flexibility index (Phi) is 4.27. The molecule has 0 spiro atoms. The van der Waals surface area contributed by atoms with Gasteiger partial charge in [0.25, 0.3) is 0 Å². The lowest BCUT2D eigenvalue weighted by atomic mass is 10.00. The van der Waals surface area contributed by atoms with E-state index >= 15 is 0 Å². The van der Waals surface area contributed by atoms with Crippen LogP contribution < -0.4 is 0 Å². The first kappa shape index (κ1) is 14.2. The zero-order chi connectivity index (χ0) is 14.5. The van der Waals surface area contributed by atoms with E-state index in [4.69, 9.17) is 4.74 Å². The largest absolute Gasteiger partial charge is 0.375 e. The highest BCUT2D eigenvalue weighted by Crippen LogP contribution is 2.33. The molecule has 0 amide bonds. The molecular formula is C17H20N2OSi. The molecule has 2 aromatic carbocycles. The van der Waals surface area contributed by atoms with E-state index in [0.29, 0.717) is 0 Å². The van der Waals surface area contributed by atoms with Crippen molar-refractivity contribution in [2.75, 3.05) is 6.61 Å². The van der Waals surface area contributed by atoms with E-state index < -0.39 is 0 Å². The molecule has 1 aliphatic rings. The second-order valence-electron chi connectivity index (χ2n) is 5.62. The molecule has 108 valence electrons. The zero-order valence-electron chi connectivity index (χ0n) is 12.3. The number of ether oxygens (including phenoxy) is 1. The molecule has 1 heterocycles. The molecule has 1 unspecified atom stereocenters. The van der Waals surface area contributed by atoms with Crippen LogP contribution >= 0.6 is 0 Å². The van der Waals surface area contributed by atoms with Crippen molar-refractivity contribution in [2.45, 2.75) is 24.5 Å². The van der Waals surface area contributed by atoms with E-state index in [1.807, 2.05) is 42.5 Å². The van der Waals surface area contributed by atoms with E-state index in [-0.39, 0.29) is 5.22 Å². The van der Waals surface area contributed by atoms with E-state index in [1.54, 1.807) is 0 Å². The summed E-state index contributed by atoms with van der Waals surface area (Å²) >= 11 is 0. The van der Waals surface area contributed by atoms with Gasteiger partial charge in [-0.2, -0.15) is 10.2 Å². The number of azo groups is 1. The number of hydrogen-bond donors (Lipinski definition) is 0. The van der Waals surface area contributed by atoms with Gasteiger partial charge in [0, 0.05) is 16.8 Å². The summed E-state index contributed by atoms with van der Waals surface area (Å²) in [5, 5.41) is 8.51. The Morgan fingerprint density at radius 3 is 2.14 bits per heavy atom. The standard InChI is InChI=1S/C17H20N2OSi/c21-17(12-4-5-13-20-17)14-8-10-16(11-9-14)19-18-15-6-2-1-3-7-15/h1-3,6-11H,4-5,12-13H2,21H3/b19-18+. The van der Waals surface area contributed by atoms with Crippen LogP contribution in [0.15, 0.2) is 64.8 Å². The summed E-state index contributed by atoms with van der Waals surface area (Å²) in [6.45, 7) is 0.888. The molecule has 1 atom stereocenters. The summed E-state index contributed by atoms with van der Waals surface area (Å²) in [6, 6.07) is 18.1. The number of rotatable bonds is 3. The van der Waals surface area contributed by atoms with Gasteiger partial charge < -0.3 is 4.74 Å². The molecular weight excluding hydrogens is 276 g/mol. The predicted molar refractivity (Wildman–Crippen MR) is 88.5 cm³/mol. The van der Waals surface area contributed by atoms with Crippen LogP contribution in [-0.4, -0.2) is 16.8 Å². The van der Waals surface area contributed by atoms with Gasteiger partial charge in [-0.3, -0.25) is 0 Å². The van der Waals surface area contributed by atoms with Crippen molar-refractivity contribution in [3.05, 3.63) is 60.2 Å². The van der Waals surface area contributed by atoms with Gasteiger partial charge in [0.15, 0.2) is 0 Å². The summed E-state index contributed by atoms with van der Waals surface area (Å²) in [4.78, 5) is 0. The topological polar surface area (TPSA) is 34.0 Å². The van der Waals surface area contributed by atoms with Crippen molar-refractivity contribution in [1.29, 1.82) is 0 Å². The Balaban J connectivity index is 1.73. The molecule has 1 saturated heterocycles. The number of benzene rings is 2. The summed E-state index contributed by atoms with van der Waals surface area (Å²) < 4.78 is 6.03. The van der Waals surface area contributed by atoms with Crippen molar-refractivity contribution >= 4 is 21.6 Å². The van der Waals surface area contributed by atoms with Gasteiger partial charge in [-0.25, -0.2) is 0 Å². The number of hydrogen-bond acceptors (Lipinski definition) is 3. The molecule has 0 aromatic heterocycles. The van der Waals surface area contributed by atoms with Gasteiger partial charge in [-0.05, 0) is 49.1 Å². The number of nitrogens with zero attached hydrogens (tertiary/aromatic N) is 2. The van der Waals surface area contributed by atoms with E-state index in [9.17, 15) is 0 Å². The molecule has 0 saturated carbocycles. The molecule has 1 aliphatic heterocycles. The van der Waals surface area contributed by atoms with Crippen molar-refractivity contribution in [1.82, 2.24) is 0 Å². The average molecular weight is 296 g/mol. The average Bonchev–Trinajstić information content (AvgIpc) is 2.55. The third kappa shape index (κ3) is 3.46. The van der Waals surface area contributed by atoms with Crippen molar-refractivity contribution < 1.29 is 4.74 Å². The molecule has 4 heteroatoms. The highest BCUT2D eigenvalue weighted by atomic mass is 28.1. The van der Waals surface area contributed by atoms with Crippen LogP contribution in [0.1, 0.15) is 24.8 Å². The van der Waals surface area contributed by atoms with Crippen molar-refractivity contribution in [3.63, 3.8) is 0 Å². The second-order valence-corrected chi connectivity index (χ2v) is 7.23. The Hall–Kier alpha value is -1.78. The van der Waals surface area contributed by atoms with Crippen LogP contribution in [0.25, 0.3) is 0 Å². The van der Waals surface area contributed by atoms with Gasteiger partial charge in [-0.1, -0.05) is 30.3 Å². The maximum absolute atomic E-state index is 6.03. The molecule has 21 heavy (non-hydrogen) atoms. The SMILES string of the molecule is [SiH3]C1(c2ccc(/N=N/c3ccccc3)cc2)CCCCO1. The molecule has 3 rings (SSSR count). The molecule has 0 radical (unpaired) electrons. The van der Waals surface area contributed by atoms with Crippen LogP contribution in [0, 0.1) is 0 Å². The predicted octanol–water partition coefficient (Wildman–Crippen LogP) is 3.82. The first-order valence-corrected chi connectivity index (χ1v) is 8.48. The summed E-state index contributed by atoms with van der Waals surface area (Å²) in [6.07, 6.45) is 3.59. The Bertz CT molecular complexity index is 604. The van der Waals surface area contributed by atoms with Gasteiger partial charge in [0.1, 0.15) is 0 Å². The highest BCUT2D eigenvalue weighted by molar-refractivity contribution is 6.14. The first-order chi connectivity index (χ1) is 10.3. The fraction of sp³-hybridized carbons (Fsp3) is 0.294. The molecule has 0 bridgehead atoms. The fourth-order valence-electron chi connectivity index (χ4n) is 2.65. The molecule has 0 N–H and O–H groups in total. The van der Waals surface area contributed by atoms with Gasteiger partial charge in [-0.15, -0.1) is 0 Å². The normalized spacial score (nSPS) is 22.7. The van der Waals surface area contributed by atoms with Crippen LogP contribution in [0.2, 0.25) is 0 Å². The van der Waals surface area contributed by atoms with E-state index in [0.717, 1.165) is 34.6 Å². The minimum Gasteiger partial charge on any atom is -0.375 e. The highest BCUT2D eigenvalue weighted by Gasteiger charge is 2.29. The Morgan fingerprint density at radius 2 is 1.52 bits per heavy atom. The minimum absolute atomic E-state index is 0.00659. The quantitative estimate of drug-likeness (QED) is 0.626. The summed E-state index contributed by atoms with van der Waals surface area (Å²) in [5.74, 6) is 0.